The topological polar surface area (TPSA) is 81.7 Å². The van der Waals surface area contributed by atoms with E-state index < -0.39 is 12.1 Å². The van der Waals surface area contributed by atoms with E-state index in [0.717, 1.165) is 37.2 Å². The lowest BCUT2D eigenvalue weighted by Crippen LogP contribution is -2.35. The van der Waals surface area contributed by atoms with Gasteiger partial charge in [0.25, 0.3) is 5.91 Å². The minimum atomic E-state index is -0.597. The van der Waals surface area contributed by atoms with E-state index >= 15 is 0 Å². The lowest BCUT2D eigenvalue weighted by molar-refractivity contribution is -0.120. The van der Waals surface area contributed by atoms with Crippen LogP contribution in [0.25, 0.3) is 0 Å². The maximum absolute atomic E-state index is 11.6. The number of hydrogen-bond donors (Lipinski definition) is 3. The molecule has 2 aliphatic rings. The highest BCUT2D eigenvalue weighted by Crippen LogP contribution is 2.23. The van der Waals surface area contributed by atoms with Crippen molar-refractivity contribution in [2.45, 2.75) is 25.0 Å². The second kappa shape index (κ2) is 5.13. The third kappa shape index (κ3) is 2.46. The average molecular weight is 275 g/mol. The number of rotatable bonds is 2. The molecule has 3 N–H and O–H groups in total. The number of amides is 3. The van der Waals surface area contributed by atoms with Crippen LogP contribution in [0.15, 0.2) is 24.3 Å². The van der Waals surface area contributed by atoms with E-state index in [0.29, 0.717) is 0 Å². The molecule has 20 heavy (non-hydrogen) atoms. The number of aliphatic hydroxyl groups excluding tert-OH is 1. The standard InChI is InChI=1S/C14H17N3O3/c18-11-5-7-17(8-6-11)10-3-1-9(2-4-10)12-13(19)16-14(20)15-12/h1-4,11-12,18H,5-8H2,(H2,15,16,19,20). The van der Waals surface area contributed by atoms with Crippen LogP contribution in [0.1, 0.15) is 24.4 Å². The molecule has 106 valence electrons. The molecule has 0 bridgehead atoms. The van der Waals surface area contributed by atoms with Crippen molar-refractivity contribution in [3.05, 3.63) is 29.8 Å². The fraction of sp³-hybridized carbons (Fsp3) is 0.429. The summed E-state index contributed by atoms with van der Waals surface area (Å²) in [5.41, 5.74) is 1.85. The predicted octanol–water partition coefficient (Wildman–Crippen LogP) is 0.528. The number of hydrogen-bond acceptors (Lipinski definition) is 4. The van der Waals surface area contributed by atoms with Crippen LogP contribution < -0.4 is 15.5 Å². The third-order valence-corrected chi connectivity index (χ3v) is 3.83. The monoisotopic (exact) mass is 275 g/mol. The first-order valence-corrected chi connectivity index (χ1v) is 6.78. The van der Waals surface area contributed by atoms with Gasteiger partial charge in [0, 0.05) is 18.8 Å². The number of imide groups is 1. The number of nitrogens with zero attached hydrogens (tertiary/aromatic N) is 1. The normalized spacial score (nSPS) is 23.6. The van der Waals surface area contributed by atoms with Crippen LogP contribution in [0.5, 0.6) is 0 Å². The second-order valence-corrected chi connectivity index (χ2v) is 5.21. The van der Waals surface area contributed by atoms with Gasteiger partial charge < -0.3 is 15.3 Å². The van der Waals surface area contributed by atoms with E-state index in [1.165, 1.54) is 0 Å². The quantitative estimate of drug-likeness (QED) is 0.688. The molecule has 0 radical (unpaired) electrons. The van der Waals surface area contributed by atoms with Gasteiger partial charge in [-0.05, 0) is 30.5 Å². The Morgan fingerprint density at radius 2 is 1.75 bits per heavy atom. The Kier molecular flexibility index (Phi) is 3.31. The van der Waals surface area contributed by atoms with E-state index in [9.17, 15) is 14.7 Å². The van der Waals surface area contributed by atoms with Gasteiger partial charge in [-0.3, -0.25) is 10.1 Å². The van der Waals surface area contributed by atoms with E-state index in [2.05, 4.69) is 15.5 Å². The van der Waals surface area contributed by atoms with Gasteiger partial charge in [0.2, 0.25) is 0 Å². The summed E-state index contributed by atoms with van der Waals surface area (Å²) in [5, 5.41) is 14.3. The molecule has 6 heteroatoms. The van der Waals surface area contributed by atoms with Crippen LogP contribution in [-0.2, 0) is 4.79 Å². The fourth-order valence-corrected chi connectivity index (χ4v) is 2.65. The maximum atomic E-state index is 11.6. The Hall–Kier alpha value is -2.08. The Labute approximate surface area is 116 Å². The van der Waals surface area contributed by atoms with Crippen LogP contribution in [0.2, 0.25) is 0 Å². The van der Waals surface area contributed by atoms with Crippen LogP contribution in [-0.4, -0.2) is 36.2 Å². The summed E-state index contributed by atoms with van der Waals surface area (Å²) >= 11 is 0. The highest BCUT2D eigenvalue weighted by Gasteiger charge is 2.30. The maximum Gasteiger partial charge on any atom is 0.322 e. The highest BCUT2D eigenvalue weighted by atomic mass is 16.3. The summed E-state index contributed by atoms with van der Waals surface area (Å²) < 4.78 is 0. The lowest BCUT2D eigenvalue weighted by Gasteiger charge is -2.31. The molecular formula is C14H17N3O3. The summed E-state index contributed by atoms with van der Waals surface area (Å²) in [7, 11) is 0. The molecule has 1 unspecified atom stereocenters. The van der Waals surface area contributed by atoms with Crippen molar-refractivity contribution in [3.8, 4) is 0 Å². The molecular weight excluding hydrogens is 258 g/mol. The fourth-order valence-electron chi connectivity index (χ4n) is 2.65. The van der Waals surface area contributed by atoms with Crippen molar-refractivity contribution >= 4 is 17.6 Å². The van der Waals surface area contributed by atoms with Gasteiger partial charge in [0.15, 0.2) is 0 Å². The largest absolute Gasteiger partial charge is 0.393 e. The molecule has 0 aliphatic carbocycles. The Morgan fingerprint density at radius 3 is 2.30 bits per heavy atom. The summed E-state index contributed by atoms with van der Waals surface area (Å²) in [4.78, 5) is 24.9. The van der Waals surface area contributed by atoms with Crippen LogP contribution in [0, 0.1) is 0 Å². The van der Waals surface area contributed by atoms with Gasteiger partial charge in [0.05, 0.1) is 6.10 Å². The minimum Gasteiger partial charge on any atom is -0.393 e. The number of nitrogens with one attached hydrogen (secondary N) is 2. The van der Waals surface area contributed by atoms with E-state index in [1.54, 1.807) is 0 Å². The SMILES string of the molecule is O=C1NC(=O)C(c2ccc(N3CCC(O)CC3)cc2)N1. The zero-order chi connectivity index (χ0) is 14.1. The highest BCUT2D eigenvalue weighted by molar-refractivity contribution is 6.04. The van der Waals surface area contributed by atoms with Crippen molar-refractivity contribution in [1.82, 2.24) is 10.6 Å². The van der Waals surface area contributed by atoms with Gasteiger partial charge in [-0.2, -0.15) is 0 Å². The molecule has 2 fully saturated rings. The van der Waals surface area contributed by atoms with Gasteiger partial charge in [-0.25, -0.2) is 4.79 Å². The average Bonchev–Trinajstić information content (AvgIpc) is 2.79. The molecule has 0 saturated carbocycles. The molecule has 1 aromatic rings. The molecule has 0 spiro atoms. The minimum absolute atomic E-state index is 0.192. The van der Waals surface area contributed by atoms with Crippen molar-refractivity contribution < 1.29 is 14.7 Å². The van der Waals surface area contributed by atoms with Crippen LogP contribution in [0.4, 0.5) is 10.5 Å². The summed E-state index contributed by atoms with van der Waals surface area (Å²) in [6.45, 7) is 1.67. The van der Waals surface area contributed by atoms with Crippen LogP contribution in [0.3, 0.4) is 0 Å². The predicted molar refractivity (Wildman–Crippen MR) is 73.3 cm³/mol. The molecule has 3 amide bonds. The van der Waals surface area contributed by atoms with E-state index in [4.69, 9.17) is 0 Å². The molecule has 2 heterocycles. The summed E-state index contributed by atoms with van der Waals surface area (Å²) in [6.07, 6.45) is 1.37. The second-order valence-electron chi connectivity index (χ2n) is 5.21. The number of anilines is 1. The zero-order valence-corrected chi connectivity index (χ0v) is 11.0. The summed E-state index contributed by atoms with van der Waals surface area (Å²) in [5.74, 6) is -0.316. The van der Waals surface area contributed by atoms with Gasteiger partial charge in [-0.15, -0.1) is 0 Å². The first kappa shape index (κ1) is 12.9. The van der Waals surface area contributed by atoms with Gasteiger partial charge in [-0.1, -0.05) is 12.1 Å². The first-order chi connectivity index (χ1) is 9.63. The molecule has 1 atom stereocenters. The Balaban J connectivity index is 1.71. The number of benzene rings is 1. The zero-order valence-electron chi connectivity index (χ0n) is 11.0. The molecule has 6 nitrogen and oxygen atoms in total. The molecule has 2 aliphatic heterocycles. The number of carbonyl (C=O) groups excluding carboxylic acids is 2. The van der Waals surface area contributed by atoms with E-state index in [-0.39, 0.29) is 12.0 Å². The van der Waals surface area contributed by atoms with Gasteiger partial charge >= 0.3 is 6.03 Å². The van der Waals surface area contributed by atoms with Crippen molar-refractivity contribution in [2.24, 2.45) is 0 Å². The number of aliphatic hydroxyl groups is 1. The molecule has 2 saturated heterocycles. The first-order valence-electron chi connectivity index (χ1n) is 6.78. The lowest BCUT2D eigenvalue weighted by atomic mass is 10.0. The molecule has 1 aromatic carbocycles. The Morgan fingerprint density at radius 1 is 1.10 bits per heavy atom. The van der Waals surface area contributed by atoms with Crippen molar-refractivity contribution in [3.63, 3.8) is 0 Å². The molecule has 3 rings (SSSR count). The molecule has 0 aromatic heterocycles. The van der Waals surface area contributed by atoms with Crippen molar-refractivity contribution in [1.29, 1.82) is 0 Å². The number of piperidine rings is 1. The smallest absolute Gasteiger partial charge is 0.322 e. The van der Waals surface area contributed by atoms with Crippen LogP contribution >= 0.6 is 0 Å². The third-order valence-electron chi connectivity index (χ3n) is 3.83. The Bertz CT molecular complexity index is 521. The van der Waals surface area contributed by atoms with Gasteiger partial charge in [0.1, 0.15) is 6.04 Å². The summed E-state index contributed by atoms with van der Waals surface area (Å²) in [6, 6.07) is 6.57. The van der Waals surface area contributed by atoms with Crippen molar-refractivity contribution in [2.75, 3.05) is 18.0 Å². The van der Waals surface area contributed by atoms with E-state index in [1.807, 2.05) is 24.3 Å². The number of urea groups is 1. The number of carbonyl (C=O) groups is 2.